The highest BCUT2D eigenvalue weighted by Gasteiger charge is 2.14. The van der Waals surface area contributed by atoms with Gasteiger partial charge in [-0.05, 0) is 45.3 Å². The van der Waals surface area contributed by atoms with Crippen molar-refractivity contribution in [3.8, 4) is 0 Å². The lowest BCUT2D eigenvalue weighted by molar-refractivity contribution is 0.204. The SMILES string of the molecule is CCC(CC)N(C)Cc1cc(CNCC(C)C)c(C)o1. The number of rotatable bonds is 9. The van der Waals surface area contributed by atoms with Gasteiger partial charge in [0.05, 0.1) is 6.54 Å². The molecule has 0 saturated carbocycles. The van der Waals surface area contributed by atoms with E-state index in [1.807, 2.05) is 0 Å². The number of aryl methyl sites for hydroxylation is 1. The summed E-state index contributed by atoms with van der Waals surface area (Å²) in [6.45, 7) is 13.9. The van der Waals surface area contributed by atoms with Gasteiger partial charge in [0.2, 0.25) is 0 Å². The number of furan rings is 1. The quantitative estimate of drug-likeness (QED) is 0.742. The maximum Gasteiger partial charge on any atom is 0.118 e. The predicted molar refractivity (Wildman–Crippen MR) is 85.8 cm³/mol. The molecule has 0 aliphatic heterocycles. The highest BCUT2D eigenvalue weighted by molar-refractivity contribution is 5.20. The molecule has 1 aromatic heterocycles. The lowest BCUT2D eigenvalue weighted by Gasteiger charge is -2.24. The van der Waals surface area contributed by atoms with E-state index < -0.39 is 0 Å². The van der Waals surface area contributed by atoms with Crippen LogP contribution in [0.3, 0.4) is 0 Å². The van der Waals surface area contributed by atoms with E-state index in [0.717, 1.165) is 31.2 Å². The van der Waals surface area contributed by atoms with Crippen LogP contribution in [0.25, 0.3) is 0 Å². The molecule has 0 saturated heterocycles. The van der Waals surface area contributed by atoms with Crippen LogP contribution in [-0.2, 0) is 13.1 Å². The maximum atomic E-state index is 5.90. The molecule has 0 fully saturated rings. The molecule has 3 nitrogen and oxygen atoms in total. The zero-order chi connectivity index (χ0) is 15.1. The summed E-state index contributed by atoms with van der Waals surface area (Å²) in [6, 6.07) is 2.85. The first kappa shape index (κ1) is 17.3. The van der Waals surface area contributed by atoms with Crippen molar-refractivity contribution in [3.63, 3.8) is 0 Å². The van der Waals surface area contributed by atoms with Crippen LogP contribution in [0.2, 0.25) is 0 Å². The smallest absolute Gasteiger partial charge is 0.118 e. The third-order valence-corrected chi connectivity index (χ3v) is 3.91. The first-order chi connectivity index (χ1) is 9.47. The molecule has 0 bridgehead atoms. The van der Waals surface area contributed by atoms with E-state index in [1.165, 1.54) is 18.4 Å². The zero-order valence-electron chi connectivity index (χ0n) is 14.1. The van der Waals surface area contributed by atoms with Gasteiger partial charge in [0.1, 0.15) is 11.5 Å². The largest absolute Gasteiger partial charge is 0.465 e. The summed E-state index contributed by atoms with van der Waals surface area (Å²) in [5.74, 6) is 2.81. The molecule has 0 radical (unpaired) electrons. The summed E-state index contributed by atoms with van der Waals surface area (Å²) in [5.41, 5.74) is 1.29. The number of nitrogens with zero attached hydrogens (tertiary/aromatic N) is 1. The molecule has 1 aromatic rings. The summed E-state index contributed by atoms with van der Waals surface area (Å²) in [6.07, 6.45) is 2.38. The van der Waals surface area contributed by atoms with E-state index >= 15 is 0 Å². The highest BCUT2D eigenvalue weighted by atomic mass is 16.3. The summed E-state index contributed by atoms with van der Waals surface area (Å²) in [4.78, 5) is 2.39. The van der Waals surface area contributed by atoms with Gasteiger partial charge in [0.15, 0.2) is 0 Å². The van der Waals surface area contributed by atoms with E-state index in [1.54, 1.807) is 0 Å². The molecular weight excluding hydrogens is 248 g/mol. The lowest BCUT2D eigenvalue weighted by Crippen LogP contribution is -2.29. The van der Waals surface area contributed by atoms with Crippen LogP contribution < -0.4 is 5.32 Å². The Morgan fingerprint density at radius 3 is 2.45 bits per heavy atom. The fourth-order valence-corrected chi connectivity index (χ4v) is 2.62. The Morgan fingerprint density at radius 2 is 1.90 bits per heavy atom. The van der Waals surface area contributed by atoms with Crippen molar-refractivity contribution in [1.82, 2.24) is 10.2 Å². The standard InChI is InChI=1S/C17H32N2O/c1-7-16(8-2)19(6)12-17-9-15(14(5)20-17)11-18-10-13(3)4/h9,13,16,18H,7-8,10-12H2,1-6H3. The van der Waals surface area contributed by atoms with Crippen LogP contribution in [0.5, 0.6) is 0 Å². The molecule has 0 amide bonds. The first-order valence-corrected chi connectivity index (χ1v) is 7.97. The number of hydrogen-bond donors (Lipinski definition) is 1. The summed E-state index contributed by atoms with van der Waals surface area (Å²) >= 11 is 0. The fourth-order valence-electron chi connectivity index (χ4n) is 2.62. The van der Waals surface area contributed by atoms with Crippen molar-refractivity contribution in [2.45, 2.75) is 66.6 Å². The Balaban J connectivity index is 2.56. The Hall–Kier alpha value is -0.800. The summed E-state index contributed by atoms with van der Waals surface area (Å²) in [7, 11) is 2.19. The van der Waals surface area contributed by atoms with Crippen molar-refractivity contribution >= 4 is 0 Å². The second-order valence-corrected chi connectivity index (χ2v) is 6.20. The number of nitrogens with one attached hydrogen (secondary N) is 1. The average Bonchev–Trinajstić information content (AvgIpc) is 2.70. The third-order valence-electron chi connectivity index (χ3n) is 3.91. The van der Waals surface area contributed by atoms with Gasteiger partial charge in [-0.3, -0.25) is 4.90 Å². The Labute approximate surface area is 124 Å². The van der Waals surface area contributed by atoms with Crippen molar-refractivity contribution in [3.05, 3.63) is 23.2 Å². The fraction of sp³-hybridized carbons (Fsp3) is 0.765. The minimum absolute atomic E-state index is 0.642. The van der Waals surface area contributed by atoms with Crippen molar-refractivity contribution < 1.29 is 4.42 Å². The van der Waals surface area contributed by atoms with Crippen LogP contribution in [0.1, 0.15) is 57.6 Å². The van der Waals surface area contributed by atoms with Crippen molar-refractivity contribution in [2.75, 3.05) is 13.6 Å². The Bertz CT molecular complexity index is 380. The number of hydrogen-bond acceptors (Lipinski definition) is 3. The normalized spacial score (nSPS) is 12.1. The molecule has 1 N–H and O–H groups in total. The van der Waals surface area contributed by atoms with E-state index in [-0.39, 0.29) is 0 Å². The third kappa shape index (κ3) is 5.29. The lowest BCUT2D eigenvalue weighted by atomic mass is 10.1. The average molecular weight is 280 g/mol. The van der Waals surface area contributed by atoms with Crippen LogP contribution in [-0.4, -0.2) is 24.5 Å². The summed E-state index contributed by atoms with van der Waals surface area (Å²) in [5, 5.41) is 3.48. The van der Waals surface area contributed by atoms with Crippen LogP contribution in [0.4, 0.5) is 0 Å². The van der Waals surface area contributed by atoms with Gasteiger partial charge in [0, 0.05) is 18.2 Å². The van der Waals surface area contributed by atoms with Gasteiger partial charge in [-0.15, -0.1) is 0 Å². The van der Waals surface area contributed by atoms with Crippen LogP contribution >= 0.6 is 0 Å². The molecule has 0 aromatic carbocycles. The molecule has 0 unspecified atom stereocenters. The van der Waals surface area contributed by atoms with E-state index in [4.69, 9.17) is 4.42 Å². The molecular formula is C17H32N2O. The topological polar surface area (TPSA) is 28.4 Å². The Morgan fingerprint density at radius 1 is 1.25 bits per heavy atom. The van der Waals surface area contributed by atoms with Gasteiger partial charge in [-0.25, -0.2) is 0 Å². The molecule has 0 aliphatic rings. The second kappa shape index (κ2) is 8.48. The maximum absolute atomic E-state index is 5.90. The molecule has 3 heteroatoms. The molecule has 20 heavy (non-hydrogen) atoms. The highest BCUT2D eigenvalue weighted by Crippen LogP contribution is 2.18. The molecule has 1 heterocycles. The zero-order valence-corrected chi connectivity index (χ0v) is 14.1. The van der Waals surface area contributed by atoms with E-state index in [0.29, 0.717) is 12.0 Å². The van der Waals surface area contributed by atoms with E-state index in [9.17, 15) is 0 Å². The van der Waals surface area contributed by atoms with Gasteiger partial charge < -0.3 is 9.73 Å². The van der Waals surface area contributed by atoms with Gasteiger partial charge in [-0.1, -0.05) is 27.7 Å². The molecule has 0 spiro atoms. The van der Waals surface area contributed by atoms with Gasteiger partial charge >= 0.3 is 0 Å². The van der Waals surface area contributed by atoms with Crippen molar-refractivity contribution in [2.24, 2.45) is 5.92 Å². The predicted octanol–water partition coefficient (Wildman–Crippen LogP) is 3.95. The summed E-state index contributed by atoms with van der Waals surface area (Å²) < 4.78 is 5.90. The van der Waals surface area contributed by atoms with Gasteiger partial charge in [0.25, 0.3) is 0 Å². The van der Waals surface area contributed by atoms with E-state index in [2.05, 4.69) is 57.9 Å². The monoisotopic (exact) mass is 280 g/mol. The molecule has 1 rings (SSSR count). The van der Waals surface area contributed by atoms with Crippen LogP contribution in [0.15, 0.2) is 10.5 Å². The second-order valence-electron chi connectivity index (χ2n) is 6.20. The first-order valence-electron chi connectivity index (χ1n) is 7.97. The van der Waals surface area contributed by atoms with Crippen molar-refractivity contribution in [1.29, 1.82) is 0 Å². The molecule has 0 aliphatic carbocycles. The van der Waals surface area contributed by atoms with Gasteiger partial charge in [-0.2, -0.15) is 0 Å². The Kier molecular flexibility index (Phi) is 7.31. The minimum Gasteiger partial charge on any atom is -0.465 e. The molecule has 0 atom stereocenters. The minimum atomic E-state index is 0.642. The van der Waals surface area contributed by atoms with Crippen LogP contribution in [0, 0.1) is 12.8 Å². The molecule has 116 valence electrons.